The molecule has 0 saturated carbocycles. The van der Waals surface area contributed by atoms with Crippen LogP contribution in [0.1, 0.15) is 53.1 Å². The zero-order chi connectivity index (χ0) is 33.1. The summed E-state index contributed by atoms with van der Waals surface area (Å²) in [5.74, 6) is 0.575. The molecule has 0 aliphatic heterocycles. The van der Waals surface area contributed by atoms with E-state index in [-0.39, 0.29) is 30.2 Å². The number of aryl methyl sites for hydroxylation is 5. The maximum Gasteiger partial charge on any atom is -0.0114 e. The molecular weight excluding hydrogens is 719 g/mol. The van der Waals surface area contributed by atoms with Crippen LogP contribution in [0.25, 0.3) is 54.6 Å². The molecule has 0 unspecified atom stereocenters. The largest absolute Gasteiger partial charge is 1.00 e. The number of rotatable bonds is 3. The van der Waals surface area contributed by atoms with E-state index in [1.165, 1.54) is 88.0 Å². The Labute approximate surface area is 315 Å². The summed E-state index contributed by atoms with van der Waals surface area (Å²) in [6, 6.07) is 40.2. The van der Waals surface area contributed by atoms with Crippen molar-refractivity contribution in [1.29, 1.82) is 0 Å². The first-order chi connectivity index (χ1) is 21.9. The molecule has 0 spiro atoms. The van der Waals surface area contributed by atoms with Gasteiger partial charge in [0.15, 0.2) is 0 Å². The molecule has 4 heteroatoms. The Morgan fingerprint density at radius 1 is 0.583 bits per heavy atom. The van der Waals surface area contributed by atoms with Gasteiger partial charge in [0.25, 0.3) is 0 Å². The Morgan fingerprint density at radius 2 is 1.17 bits per heavy atom. The molecule has 7 aromatic rings. The predicted molar refractivity (Wildman–Crippen MR) is 203 cm³/mol. The molecule has 0 aliphatic rings. The molecule has 7 aromatic carbocycles. The SMILES string of the molecule is C[Si](C)=[Zr+2].Cc1cc(C)c(-c2cccc3[cH-]c(C(C)C)cc23)c(C)c1.Cc1cc2c(-c3cccc4ccccc34)ccc(C)c2[cH-]1.[Cl-].[Cl-]. The standard InChI is InChI=1S/C21H17.C21H23.C2H6Si.2ClH.Zr/c1-14-12-20-15(2)10-11-19(21(20)13-14)18-9-5-7-16-6-3-4-8-17(16)18;1-13(2)18-11-17-7-6-8-19(20(17)12-18)21-15(4)9-14(3)10-16(21)5;1-3-2;;;/h3-13H,1-2H3;6-13H,1-5H3;1-2H3;2*1H;/q2*-1;;;;+2/p-2. The van der Waals surface area contributed by atoms with Crippen LogP contribution in [0, 0.1) is 34.6 Å². The van der Waals surface area contributed by atoms with Crippen molar-refractivity contribution in [3.05, 3.63) is 143 Å². The number of hydrogen-bond acceptors (Lipinski definition) is 0. The fourth-order valence-electron chi connectivity index (χ4n) is 6.70. The molecule has 0 aliphatic carbocycles. The van der Waals surface area contributed by atoms with Crippen LogP contribution in [0.3, 0.4) is 0 Å². The summed E-state index contributed by atoms with van der Waals surface area (Å²) >= 11 is 1.74. The smallest absolute Gasteiger partial charge is 0.0114 e. The molecule has 0 saturated heterocycles. The molecule has 0 radical (unpaired) electrons. The van der Waals surface area contributed by atoms with E-state index in [9.17, 15) is 0 Å². The van der Waals surface area contributed by atoms with Gasteiger partial charge in [-0.1, -0.05) is 111 Å². The minimum Gasteiger partial charge on any atom is -1.00 e. The summed E-state index contributed by atoms with van der Waals surface area (Å²) in [7, 11) is 0. The Bertz CT molecular complexity index is 2150. The summed E-state index contributed by atoms with van der Waals surface area (Å²) < 4.78 is 0. The Balaban J connectivity index is 0.000000226. The number of fused-ring (bicyclic) bond motifs is 3. The van der Waals surface area contributed by atoms with Crippen LogP contribution >= 0.6 is 0 Å². The van der Waals surface area contributed by atoms with Crippen LogP contribution < -0.4 is 24.8 Å². The van der Waals surface area contributed by atoms with Gasteiger partial charge in [0.2, 0.25) is 0 Å². The molecular formula is C44H46Cl2SiZr-2. The molecule has 7 rings (SSSR count). The first kappa shape index (κ1) is 39.7. The van der Waals surface area contributed by atoms with Gasteiger partial charge in [-0.15, -0.1) is 68.6 Å². The first-order valence-corrected chi connectivity index (χ1v) is 22.6. The third-order valence-electron chi connectivity index (χ3n) is 8.72. The van der Waals surface area contributed by atoms with E-state index in [0.29, 0.717) is 5.92 Å². The Kier molecular flexibility index (Phi) is 14.3. The second kappa shape index (κ2) is 17.3. The van der Waals surface area contributed by atoms with Crippen LogP contribution in [0.15, 0.2) is 109 Å². The molecule has 246 valence electrons. The van der Waals surface area contributed by atoms with Gasteiger partial charge in [0.1, 0.15) is 0 Å². The first-order valence-electron chi connectivity index (χ1n) is 16.4. The van der Waals surface area contributed by atoms with E-state index in [2.05, 4.69) is 171 Å². The van der Waals surface area contributed by atoms with Crippen molar-refractivity contribution in [3.63, 3.8) is 0 Å². The molecule has 0 N–H and O–H groups in total. The Morgan fingerprint density at radius 3 is 1.83 bits per heavy atom. The maximum absolute atomic E-state index is 2.37. The number of hydrogen-bond donors (Lipinski definition) is 0. The minimum absolute atomic E-state index is 0. The molecule has 0 amide bonds. The van der Waals surface area contributed by atoms with Crippen molar-refractivity contribution in [2.45, 2.75) is 67.5 Å². The second-order valence-electron chi connectivity index (χ2n) is 13.3. The zero-order valence-corrected chi connectivity index (χ0v) is 34.7. The van der Waals surface area contributed by atoms with Gasteiger partial charge in [0, 0.05) is 0 Å². The summed E-state index contributed by atoms with van der Waals surface area (Å²) in [5.41, 5.74) is 13.8. The average molecular weight is 765 g/mol. The fourth-order valence-corrected chi connectivity index (χ4v) is 6.70. The van der Waals surface area contributed by atoms with Crippen molar-refractivity contribution in [2.24, 2.45) is 0 Å². The fraction of sp³-hybridized carbons (Fsp3) is 0.227. The number of benzene rings is 5. The molecule has 0 nitrogen and oxygen atoms in total. The average Bonchev–Trinajstić information content (AvgIpc) is 3.62. The quantitative estimate of drug-likeness (QED) is 0.134. The molecule has 0 atom stereocenters. The van der Waals surface area contributed by atoms with Crippen LogP contribution in [0.4, 0.5) is 0 Å². The van der Waals surface area contributed by atoms with Gasteiger partial charge in [-0.25, -0.2) is 0 Å². The topological polar surface area (TPSA) is 0 Å². The van der Waals surface area contributed by atoms with Gasteiger partial charge in [-0.2, -0.15) is 12.1 Å². The van der Waals surface area contributed by atoms with E-state index < -0.39 is 0 Å². The van der Waals surface area contributed by atoms with Crippen molar-refractivity contribution in [1.82, 2.24) is 0 Å². The van der Waals surface area contributed by atoms with Gasteiger partial charge >= 0.3 is 41.9 Å². The third kappa shape index (κ3) is 8.88. The van der Waals surface area contributed by atoms with Gasteiger partial charge in [-0.05, 0) is 59.7 Å². The van der Waals surface area contributed by atoms with Crippen molar-refractivity contribution < 1.29 is 48.1 Å². The third-order valence-corrected chi connectivity index (χ3v) is 8.72. The minimum atomic E-state index is 0. The molecule has 0 fully saturated rings. The van der Waals surface area contributed by atoms with Gasteiger partial charge < -0.3 is 24.8 Å². The molecule has 48 heavy (non-hydrogen) atoms. The van der Waals surface area contributed by atoms with E-state index >= 15 is 0 Å². The van der Waals surface area contributed by atoms with Gasteiger partial charge in [0.05, 0.1) is 0 Å². The van der Waals surface area contributed by atoms with E-state index in [1.807, 2.05) is 0 Å². The summed E-state index contributed by atoms with van der Waals surface area (Å²) in [5, 5.41) is 8.10. The van der Waals surface area contributed by atoms with E-state index in [0.717, 1.165) is 0 Å². The maximum atomic E-state index is 2.37. The molecule has 0 aromatic heterocycles. The van der Waals surface area contributed by atoms with Crippen molar-refractivity contribution >= 4 is 37.8 Å². The Hall–Kier alpha value is -2.74. The second-order valence-corrected chi connectivity index (χ2v) is 22.7. The van der Waals surface area contributed by atoms with E-state index in [1.54, 1.807) is 23.3 Å². The van der Waals surface area contributed by atoms with Crippen LogP contribution in [-0.2, 0) is 23.3 Å². The van der Waals surface area contributed by atoms with Crippen molar-refractivity contribution in [2.75, 3.05) is 0 Å². The monoisotopic (exact) mass is 762 g/mol. The zero-order valence-electron chi connectivity index (χ0n) is 29.7. The summed E-state index contributed by atoms with van der Waals surface area (Å²) in [6.07, 6.45) is 0. The summed E-state index contributed by atoms with van der Waals surface area (Å²) in [4.78, 5) is 0. The molecule has 0 heterocycles. The van der Waals surface area contributed by atoms with Crippen LogP contribution in [0.2, 0.25) is 13.1 Å². The van der Waals surface area contributed by atoms with Gasteiger partial charge in [-0.3, -0.25) is 0 Å². The molecule has 0 bridgehead atoms. The van der Waals surface area contributed by atoms with E-state index in [4.69, 9.17) is 0 Å². The van der Waals surface area contributed by atoms with Crippen LogP contribution in [-0.4, -0.2) is 5.43 Å². The number of halogens is 2. The normalized spacial score (nSPS) is 10.6. The predicted octanol–water partition coefficient (Wildman–Crippen LogP) is 7.06. The van der Waals surface area contributed by atoms with Crippen molar-refractivity contribution in [3.8, 4) is 22.3 Å². The van der Waals surface area contributed by atoms with Crippen LogP contribution in [0.5, 0.6) is 0 Å². The summed E-state index contributed by atoms with van der Waals surface area (Å²) in [6.45, 7) is 20.1.